The number of rotatable bonds is 0. The lowest BCUT2D eigenvalue weighted by molar-refractivity contribution is 0.195. The quantitative estimate of drug-likeness (QED) is 0.641. The van der Waals surface area contributed by atoms with Gasteiger partial charge in [0.2, 0.25) is 0 Å². The van der Waals surface area contributed by atoms with E-state index in [-0.39, 0.29) is 12.1 Å². The number of hydrogen-bond acceptors (Lipinski definition) is 1. The molecule has 0 bridgehead atoms. The van der Waals surface area contributed by atoms with Crippen LogP contribution in [0.2, 0.25) is 0 Å². The van der Waals surface area contributed by atoms with Gasteiger partial charge in [-0.25, -0.2) is 4.79 Å². The van der Waals surface area contributed by atoms with Crippen LogP contribution >= 0.6 is 0 Å². The van der Waals surface area contributed by atoms with Gasteiger partial charge < -0.3 is 10.6 Å². The molecule has 68 valence electrons. The van der Waals surface area contributed by atoms with Crippen LogP contribution in [-0.2, 0) is 6.54 Å². The van der Waals surface area contributed by atoms with E-state index in [9.17, 15) is 4.79 Å². The summed E-state index contributed by atoms with van der Waals surface area (Å²) in [6, 6.07) is 7.82. The van der Waals surface area contributed by atoms with Gasteiger partial charge >= 0.3 is 6.03 Å². The molecular weight excluding hydrogens is 164 g/mol. The van der Waals surface area contributed by atoms with Gasteiger partial charge in [0, 0.05) is 6.54 Å². The van der Waals surface area contributed by atoms with Gasteiger partial charge in [0.1, 0.15) is 0 Å². The molecule has 1 aromatic rings. The molecule has 0 spiro atoms. The summed E-state index contributed by atoms with van der Waals surface area (Å²) in [6.45, 7) is 2.64. The smallest absolute Gasteiger partial charge is 0.315 e. The summed E-state index contributed by atoms with van der Waals surface area (Å²) in [5.74, 6) is 0. The second kappa shape index (κ2) is 2.76. The van der Waals surface area contributed by atoms with Crippen LogP contribution in [0.1, 0.15) is 24.1 Å². The molecule has 3 nitrogen and oxygen atoms in total. The van der Waals surface area contributed by atoms with Gasteiger partial charge in [0.15, 0.2) is 0 Å². The van der Waals surface area contributed by atoms with Crippen LogP contribution in [0.5, 0.6) is 0 Å². The van der Waals surface area contributed by atoms with Gasteiger partial charge in [-0.2, -0.15) is 0 Å². The van der Waals surface area contributed by atoms with Crippen LogP contribution < -0.4 is 5.73 Å². The van der Waals surface area contributed by atoms with Crippen LogP contribution in [-0.4, -0.2) is 10.9 Å². The van der Waals surface area contributed by atoms with Crippen molar-refractivity contribution in [3.8, 4) is 0 Å². The SMILES string of the molecule is CC1c2ccccc2CN1C(N)=O. The molecule has 1 unspecified atom stereocenters. The fourth-order valence-corrected chi connectivity index (χ4v) is 1.84. The van der Waals surface area contributed by atoms with Crippen LogP contribution in [0.15, 0.2) is 24.3 Å². The predicted octanol–water partition coefficient (Wildman–Crippen LogP) is 1.64. The van der Waals surface area contributed by atoms with Gasteiger partial charge in [-0.3, -0.25) is 0 Å². The zero-order chi connectivity index (χ0) is 9.42. The molecule has 1 atom stereocenters. The molecule has 0 aliphatic carbocycles. The lowest BCUT2D eigenvalue weighted by atomic mass is 10.1. The maximum atomic E-state index is 11.0. The van der Waals surface area contributed by atoms with Crippen molar-refractivity contribution in [1.29, 1.82) is 0 Å². The third-order valence-electron chi connectivity index (χ3n) is 2.60. The standard InChI is InChI=1S/C10H12N2O/c1-7-9-5-3-2-4-8(9)6-12(7)10(11)13/h2-5,7H,6H2,1H3,(H2,11,13). The van der Waals surface area contributed by atoms with Crippen molar-refractivity contribution in [3.63, 3.8) is 0 Å². The van der Waals surface area contributed by atoms with Crippen LogP contribution in [0.25, 0.3) is 0 Å². The van der Waals surface area contributed by atoms with Crippen molar-refractivity contribution in [2.45, 2.75) is 19.5 Å². The first-order valence-electron chi connectivity index (χ1n) is 4.34. The fourth-order valence-electron chi connectivity index (χ4n) is 1.84. The first kappa shape index (κ1) is 8.10. The Kier molecular flexibility index (Phi) is 1.72. The molecule has 0 radical (unpaired) electrons. The molecule has 2 N–H and O–H groups in total. The molecule has 0 saturated heterocycles. The number of fused-ring (bicyclic) bond motifs is 1. The summed E-state index contributed by atoms with van der Waals surface area (Å²) in [6.07, 6.45) is 0. The van der Waals surface area contributed by atoms with Crippen molar-refractivity contribution in [3.05, 3.63) is 35.4 Å². The van der Waals surface area contributed by atoms with Crippen LogP contribution in [0.4, 0.5) is 4.79 Å². The highest BCUT2D eigenvalue weighted by molar-refractivity contribution is 5.73. The first-order valence-corrected chi connectivity index (χ1v) is 4.34. The molecular formula is C10H12N2O. The van der Waals surface area contributed by atoms with Gasteiger partial charge in [0.05, 0.1) is 6.04 Å². The zero-order valence-corrected chi connectivity index (χ0v) is 7.53. The molecule has 2 amide bonds. The highest BCUT2D eigenvalue weighted by atomic mass is 16.2. The summed E-state index contributed by atoms with van der Waals surface area (Å²) in [5.41, 5.74) is 7.67. The van der Waals surface area contributed by atoms with E-state index in [1.807, 2.05) is 31.2 Å². The minimum absolute atomic E-state index is 0.119. The second-order valence-electron chi connectivity index (χ2n) is 3.34. The number of nitrogens with zero attached hydrogens (tertiary/aromatic N) is 1. The summed E-state index contributed by atoms with van der Waals surface area (Å²) < 4.78 is 0. The largest absolute Gasteiger partial charge is 0.351 e. The molecule has 1 aliphatic heterocycles. The Morgan fingerprint density at radius 3 is 2.85 bits per heavy atom. The molecule has 13 heavy (non-hydrogen) atoms. The van der Waals surface area contributed by atoms with E-state index < -0.39 is 0 Å². The number of benzene rings is 1. The number of carbonyl (C=O) groups excluding carboxylic acids is 1. The number of nitrogens with two attached hydrogens (primary N) is 1. The van der Waals surface area contributed by atoms with Crippen molar-refractivity contribution in [2.24, 2.45) is 5.73 Å². The molecule has 3 heteroatoms. The molecule has 0 saturated carbocycles. The number of hydrogen-bond donors (Lipinski definition) is 1. The Bertz CT molecular complexity index is 349. The predicted molar refractivity (Wildman–Crippen MR) is 50.0 cm³/mol. The van der Waals surface area contributed by atoms with Crippen molar-refractivity contribution >= 4 is 6.03 Å². The third-order valence-corrected chi connectivity index (χ3v) is 2.60. The maximum absolute atomic E-state index is 11.0. The lowest BCUT2D eigenvalue weighted by Crippen LogP contribution is -2.33. The highest BCUT2D eigenvalue weighted by Gasteiger charge is 2.28. The van der Waals surface area contributed by atoms with Gasteiger partial charge in [-0.15, -0.1) is 0 Å². The van der Waals surface area contributed by atoms with E-state index in [1.54, 1.807) is 4.90 Å². The molecule has 0 aromatic heterocycles. The van der Waals surface area contributed by atoms with E-state index in [1.165, 1.54) is 11.1 Å². The molecule has 1 aromatic carbocycles. The van der Waals surface area contributed by atoms with Crippen molar-refractivity contribution in [1.82, 2.24) is 4.90 Å². The molecule has 2 rings (SSSR count). The minimum Gasteiger partial charge on any atom is -0.351 e. The molecule has 1 aliphatic rings. The maximum Gasteiger partial charge on any atom is 0.315 e. The Morgan fingerprint density at radius 1 is 1.54 bits per heavy atom. The second-order valence-corrected chi connectivity index (χ2v) is 3.34. The lowest BCUT2D eigenvalue weighted by Gasteiger charge is -2.18. The average molecular weight is 176 g/mol. The summed E-state index contributed by atoms with van der Waals surface area (Å²) >= 11 is 0. The Labute approximate surface area is 77.1 Å². The van der Waals surface area contributed by atoms with Crippen molar-refractivity contribution in [2.75, 3.05) is 0 Å². The van der Waals surface area contributed by atoms with Crippen LogP contribution in [0, 0.1) is 0 Å². The number of carbonyl (C=O) groups is 1. The monoisotopic (exact) mass is 176 g/mol. The first-order chi connectivity index (χ1) is 6.20. The van der Waals surface area contributed by atoms with Crippen molar-refractivity contribution < 1.29 is 4.79 Å². The highest BCUT2D eigenvalue weighted by Crippen LogP contribution is 2.32. The van der Waals surface area contributed by atoms with E-state index >= 15 is 0 Å². The minimum atomic E-state index is -0.344. The van der Waals surface area contributed by atoms with E-state index in [0.717, 1.165) is 0 Å². The normalized spacial score (nSPS) is 20.1. The Morgan fingerprint density at radius 2 is 2.23 bits per heavy atom. The summed E-state index contributed by atoms with van der Waals surface area (Å²) in [5, 5.41) is 0. The van der Waals surface area contributed by atoms with Gasteiger partial charge in [-0.1, -0.05) is 24.3 Å². The zero-order valence-electron chi connectivity index (χ0n) is 7.53. The number of primary amides is 1. The average Bonchev–Trinajstić information content (AvgIpc) is 2.45. The van der Waals surface area contributed by atoms with Crippen LogP contribution in [0.3, 0.4) is 0 Å². The summed E-state index contributed by atoms with van der Waals surface area (Å²) in [4.78, 5) is 12.7. The molecule has 1 heterocycles. The topological polar surface area (TPSA) is 46.3 Å². The van der Waals surface area contributed by atoms with Gasteiger partial charge in [0.25, 0.3) is 0 Å². The van der Waals surface area contributed by atoms with E-state index in [0.29, 0.717) is 6.54 Å². The van der Waals surface area contributed by atoms with E-state index in [4.69, 9.17) is 5.73 Å². The Hall–Kier alpha value is -1.51. The fraction of sp³-hybridized carbons (Fsp3) is 0.300. The number of amides is 2. The number of urea groups is 1. The van der Waals surface area contributed by atoms with E-state index in [2.05, 4.69) is 0 Å². The molecule has 0 fully saturated rings. The summed E-state index contributed by atoms with van der Waals surface area (Å²) in [7, 11) is 0. The third kappa shape index (κ3) is 1.16. The Balaban J connectivity index is 2.38. The van der Waals surface area contributed by atoms with Gasteiger partial charge in [-0.05, 0) is 18.1 Å².